The summed E-state index contributed by atoms with van der Waals surface area (Å²) in [6, 6.07) is 3.21. The van der Waals surface area contributed by atoms with Gasteiger partial charge in [0.15, 0.2) is 5.78 Å². The van der Waals surface area contributed by atoms with E-state index in [0.29, 0.717) is 10.0 Å². The van der Waals surface area contributed by atoms with E-state index in [2.05, 4.69) is 21.2 Å². The van der Waals surface area contributed by atoms with Crippen LogP contribution >= 0.6 is 15.9 Å². The number of carbonyl (C=O) groups is 2. The fourth-order valence-electron chi connectivity index (χ4n) is 1.05. The van der Waals surface area contributed by atoms with Crippen LogP contribution in [-0.4, -0.2) is 17.7 Å². The largest absolute Gasteiger partial charge is 0.342 e. The Labute approximate surface area is 101 Å². The summed E-state index contributed by atoms with van der Waals surface area (Å²) in [6.45, 7) is 2.99. The number of benzene rings is 1. The average Bonchev–Trinajstić information content (AvgIpc) is 2.16. The van der Waals surface area contributed by atoms with Gasteiger partial charge in [-0.2, -0.15) is 0 Å². The first-order valence-electron chi connectivity index (χ1n) is 4.68. The van der Waals surface area contributed by atoms with Crippen LogP contribution in [-0.2, 0) is 4.79 Å². The Morgan fingerprint density at radius 2 is 2.06 bits per heavy atom. The van der Waals surface area contributed by atoms with E-state index in [1.807, 2.05) is 0 Å². The number of carbonyl (C=O) groups excluding carboxylic acids is 2. The first-order chi connectivity index (χ1) is 7.41. The number of hydrogen-bond donors (Lipinski definition) is 1. The van der Waals surface area contributed by atoms with Gasteiger partial charge in [0.05, 0.1) is 11.6 Å². The molecule has 0 saturated heterocycles. The van der Waals surface area contributed by atoms with Crippen LogP contribution in [0.15, 0.2) is 22.7 Å². The highest BCUT2D eigenvalue weighted by atomic mass is 79.9. The second-order valence-electron chi connectivity index (χ2n) is 3.43. The van der Waals surface area contributed by atoms with Crippen molar-refractivity contribution in [3.63, 3.8) is 0 Å². The van der Waals surface area contributed by atoms with Crippen molar-refractivity contribution in [2.45, 2.75) is 19.9 Å². The number of Topliss-reactive ketones (excluding diaryl/α,β-unsaturated/α-hetero) is 1. The molecule has 1 aromatic rings. The number of amides is 1. The van der Waals surface area contributed by atoms with Crippen molar-refractivity contribution in [3.05, 3.63) is 34.1 Å². The van der Waals surface area contributed by atoms with Gasteiger partial charge in [-0.1, -0.05) is 0 Å². The minimum Gasteiger partial charge on any atom is -0.342 e. The molecular formula is C11H11BrFNO2. The van der Waals surface area contributed by atoms with Crippen molar-refractivity contribution in [2.24, 2.45) is 0 Å². The molecule has 3 nitrogen and oxygen atoms in total. The zero-order chi connectivity index (χ0) is 12.3. The summed E-state index contributed by atoms with van der Waals surface area (Å²) in [5, 5.41) is 2.51. The molecule has 0 fully saturated rings. The van der Waals surface area contributed by atoms with E-state index in [1.165, 1.54) is 25.1 Å². The Hall–Kier alpha value is -1.23. The number of nitrogens with one attached hydrogen (secondary N) is 1. The van der Waals surface area contributed by atoms with Crippen molar-refractivity contribution in [1.29, 1.82) is 0 Å². The van der Waals surface area contributed by atoms with Gasteiger partial charge in [0.1, 0.15) is 5.82 Å². The Balaban J connectivity index is 2.85. The Morgan fingerprint density at radius 3 is 2.56 bits per heavy atom. The standard InChI is InChI=1S/C11H11BrFNO2/c1-6(7(2)15)14-11(16)9-4-3-8(13)5-10(9)12/h3-6H,1-2H3,(H,14,16). The Morgan fingerprint density at radius 1 is 1.44 bits per heavy atom. The quantitative estimate of drug-likeness (QED) is 0.927. The van der Waals surface area contributed by atoms with E-state index in [0.717, 1.165) is 0 Å². The normalized spacial score (nSPS) is 12.0. The van der Waals surface area contributed by atoms with Crippen LogP contribution in [0.4, 0.5) is 4.39 Å². The third kappa shape index (κ3) is 3.13. The van der Waals surface area contributed by atoms with Crippen LogP contribution in [0.25, 0.3) is 0 Å². The highest BCUT2D eigenvalue weighted by Gasteiger charge is 2.15. The number of hydrogen-bond acceptors (Lipinski definition) is 2. The first-order valence-corrected chi connectivity index (χ1v) is 5.47. The second kappa shape index (κ2) is 5.21. The Bertz CT molecular complexity index is 434. The lowest BCUT2D eigenvalue weighted by Gasteiger charge is -2.11. The molecule has 1 N–H and O–H groups in total. The summed E-state index contributed by atoms with van der Waals surface area (Å²) in [6.07, 6.45) is 0. The highest BCUT2D eigenvalue weighted by molar-refractivity contribution is 9.10. The molecule has 0 radical (unpaired) electrons. The van der Waals surface area contributed by atoms with Crippen molar-refractivity contribution in [2.75, 3.05) is 0 Å². The van der Waals surface area contributed by atoms with Crippen LogP contribution < -0.4 is 5.32 Å². The first kappa shape index (κ1) is 12.8. The van der Waals surface area contributed by atoms with Gasteiger partial charge in [-0.3, -0.25) is 9.59 Å². The number of halogens is 2. The lowest BCUT2D eigenvalue weighted by molar-refractivity contribution is -0.118. The van der Waals surface area contributed by atoms with E-state index in [4.69, 9.17) is 0 Å². The van der Waals surface area contributed by atoms with Crippen LogP contribution in [0, 0.1) is 5.82 Å². The molecule has 0 spiro atoms. The monoisotopic (exact) mass is 287 g/mol. The zero-order valence-corrected chi connectivity index (χ0v) is 10.5. The molecule has 1 atom stereocenters. The van der Waals surface area contributed by atoms with Gasteiger partial charge in [0, 0.05) is 4.47 Å². The molecule has 1 rings (SSSR count). The molecule has 0 aliphatic rings. The lowest BCUT2D eigenvalue weighted by atomic mass is 10.1. The van der Waals surface area contributed by atoms with Crippen LogP contribution in [0.2, 0.25) is 0 Å². The van der Waals surface area contributed by atoms with Crippen molar-refractivity contribution < 1.29 is 14.0 Å². The third-order valence-corrected chi connectivity index (χ3v) is 2.79. The molecular weight excluding hydrogens is 277 g/mol. The molecule has 86 valence electrons. The van der Waals surface area contributed by atoms with E-state index in [-0.39, 0.29) is 5.78 Å². The van der Waals surface area contributed by atoms with E-state index >= 15 is 0 Å². The van der Waals surface area contributed by atoms with Gasteiger partial charge in [-0.25, -0.2) is 4.39 Å². The van der Waals surface area contributed by atoms with Crippen molar-refractivity contribution in [1.82, 2.24) is 5.32 Å². The molecule has 1 aromatic carbocycles. The highest BCUT2D eigenvalue weighted by Crippen LogP contribution is 2.17. The minimum atomic E-state index is -0.551. The predicted octanol–water partition coefficient (Wildman–Crippen LogP) is 2.30. The zero-order valence-electron chi connectivity index (χ0n) is 8.88. The van der Waals surface area contributed by atoms with E-state index < -0.39 is 17.8 Å². The SMILES string of the molecule is CC(=O)C(C)NC(=O)c1ccc(F)cc1Br. The van der Waals surface area contributed by atoms with Gasteiger partial charge in [0.2, 0.25) is 0 Å². The van der Waals surface area contributed by atoms with Gasteiger partial charge >= 0.3 is 0 Å². The molecule has 5 heteroatoms. The second-order valence-corrected chi connectivity index (χ2v) is 4.28. The molecule has 0 aliphatic heterocycles. The minimum absolute atomic E-state index is 0.133. The van der Waals surface area contributed by atoms with Gasteiger partial charge in [0.25, 0.3) is 5.91 Å². The summed E-state index contributed by atoms with van der Waals surface area (Å²) in [5.74, 6) is -0.968. The van der Waals surface area contributed by atoms with Gasteiger partial charge in [-0.15, -0.1) is 0 Å². The molecule has 16 heavy (non-hydrogen) atoms. The summed E-state index contributed by atoms with van der Waals surface area (Å²) in [7, 11) is 0. The number of ketones is 1. The average molecular weight is 288 g/mol. The fourth-order valence-corrected chi connectivity index (χ4v) is 1.58. The van der Waals surface area contributed by atoms with Crippen LogP contribution in [0.3, 0.4) is 0 Å². The van der Waals surface area contributed by atoms with Gasteiger partial charge in [-0.05, 0) is 48.0 Å². The lowest BCUT2D eigenvalue weighted by Crippen LogP contribution is -2.37. The van der Waals surface area contributed by atoms with Gasteiger partial charge < -0.3 is 5.32 Å². The number of rotatable bonds is 3. The van der Waals surface area contributed by atoms with Crippen molar-refractivity contribution in [3.8, 4) is 0 Å². The Kier molecular flexibility index (Phi) is 4.18. The smallest absolute Gasteiger partial charge is 0.252 e. The summed E-state index contributed by atoms with van der Waals surface area (Å²) in [4.78, 5) is 22.6. The molecule has 0 saturated carbocycles. The molecule has 0 aromatic heterocycles. The summed E-state index contributed by atoms with van der Waals surface area (Å²) in [5.41, 5.74) is 0.300. The van der Waals surface area contributed by atoms with Crippen LogP contribution in [0.5, 0.6) is 0 Å². The molecule has 1 unspecified atom stereocenters. The maximum atomic E-state index is 12.8. The maximum absolute atomic E-state index is 12.8. The molecule has 1 amide bonds. The summed E-state index contributed by atoms with van der Waals surface area (Å²) < 4.78 is 13.1. The summed E-state index contributed by atoms with van der Waals surface area (Å²) >= 11 is 3.09. The fraction of sp³-hybridized carbons (Fsp3) is 0.273. The maximum Gasteiger partial charge on any atom is 0.252 e. The van der Waals surface area contributed by atoms with E-state index in [9.17, 15) is 14.0 Å². The van der Waals surface area contributed by atoms with E-state index in [1.54, 1.807) is 6.92 Å². The predicted molar refractivity (Wildman–Crippen MR) is 61.7 cm³/mol. The van der Waals surface area contributed by atoms with Crippen LogP contribution in [0.1, 0.15) is 24.2 Å². The topological polar surface area (TPSA) is 46.2 Å². The molecule has 0 heterocycles. The molecule has 0 aliphatic carbocycles. The third-order valence-electron chi connectivity index (χ3n) is 2.13. The molecule has 0 bridgehead atoms. The van der Waals surface area contributed by atoms with Crippen molar-refractivity contribution >= 4 is 27.6 Å².